The number of nitrogen functional groups attached to an aromatic ring is 1. The summed E-state index contributed by atoms with van der Waals surface area (Å²) >= 11 is 0. The maximum atomic E-state index is 5.94. The summed E-state index contributed by atoms with van der Waals surface area (Å²) in [7, 11) is 0. The van der Waals surface area contributed by atoms with Crippen molar-refractivity contribution in [2.24, 2.45) is 0 Å². The van der Waals surface area contributed by atoms with E-state index in [-0.39, 0.29) is 0 Å². The van der Waals surface area contributed by atoms with Crippen LogP contribution in [-0.4, -0.2) is 14.5 Å². The van der Waals surface area contributed by atoms with E-state index in [9.17, 15) is 0 Å². The molecular weight excluding hydrogens is 248 g/mol. The molecule has 0 aliphatic rings. The standard InChI is InChI=1S/C16H16N4/c1-12-4-6-13(7-5-12)10-20-11-18-9-15(20)14-3-2-8-19-16(14)17/h2-9,11H,10H2,1H3,(H2,17,19). The topological polar surface area (TPSA) is 56.7 Å². The minimum Gasteiger partial charge on any atom is -0.383 e. The molecule has 0 saturated heterocycles. The maximum absolute atomic E-state index is 5.94. The molecule has 100 valence electrons. The fraction of sp³-hybridized carbons (Fsp3) is 0.125. The van der Waals surface area contributed by atoms with Crippen LogP contribution >= 0.6 is 0 Å². The summed E-state index contributed by atoms with van der Waals surface area (Å²) in [5.74, 6) is 0.526. The Hall–Kier alpha value is -2.62. The number of rotatable bonds is 3. The molecule has 0 fully saturated rings. The second-order valence-electron chi connectivity index (χ2n) is 4.83. The molecule has 0 saturated carbocycles. The van der Waals surface area contributed by atoms with Gasteiger partial charge in [-0.3, -0.25) is 0 Å². The van der Waals surface area contributed by atoms with Gasteiger partial charge in [-0.1, -0.05) is 29.8 Å². The largest absolute Gasteiger partial charge is 0.383 e. The Bertz CT molecular complexity index is 713. The molecule has 2 heterocycles. The van der Waals surface area contributed by atoms with Gasteiger partial charge in [0.25, 0.3) is 0 Å². The molecule has 20 heavy (non-hydrogen) atoms. The lowest BCUT2D eigenvalue weighted by molar-refractivity contribution is 0.804. The highest BCUT2D eigenvalue weighted by Gasteiger charge is 2.09. The van der Waals surface area contributed by atoms with Crippen LogP contribution in [0.15, 0.2) is 55.1 Å². The zero-order valence-electron chi connectivity index (χ0n) is 11.3. The van der Waals surface area contributed by atoms with Crippen LogP contribution in [0.2, 0.25) is 0 Å². The van der Waals surface area contributed by atoms with E-state index in [1.165, 1.54) is 11.1 Å². The summed E-state index contributed by atoms with van der Waals surface area (Å²) in [4.78, 5) is 8.36. The van der Waals surface area contributed by atoms with Crippen LogP contribution in [0.25, 0.3) is 11.3 Å². The molecule has 0 aliphatic heterocycles. The third-order valence-electron chi connectivity index (χ3n) is 3.30. The molecule has 0 atom stereocenters. The highest BCUT2D eigenvalue weighted by atomic mass is 15.0. The molecule has 0 aliphatic carbocycles. The van der Waals surface area contributed by atoms with Crippen LogP contribution in [0.3, 0.4) is 0 Å². The van der Waals surface area contributed by atoms with Gasteiger partial charge >= 0.3 is 0 Å². The third-order valence-corrected chi connectivity index (χ3v) is 3.30. The molecule has 3 aromatic rings. The Morgan fingerprint density at radius 3 is 2.70 bits per heavy atom. The second-order valence-corrected chi connectivity index (χ2v) is 4.83. The number of benzene rings is 1. The van der Waals surface area contributed by atoms with Crippen molar-refractivity contribution in [3.8, 4) is 11.3 Å². The lowest BCUT2D eigenvalue weighted by Gasteiger charge is -2.10. The van der Waals surface area contributed by atoms with E-state index < -0.39 is 0 Å². The highest BCUT2D eigenvalue weighted by molar-refractivity contribution is 5.70. The first-order valence-electron chi connectivity index (χ1n) is 6.50. The smallest absolute Gasteiger partial charge is 0.132 e. The minimum atomic E-state index is 0.526. The summed E-state index contributed by atoms with van der Waals surface area (Å²) in [6.07, 6.45) is 5.34. The molecule has 4 nitrogen and oxygen atoms in total. The fourth-order valence-electron chi connectivity index (χ4n) is 2.20. The SMILES string of the molecule is Cc1ccc(Cn2cncc2-c2cccnc2N)cc1. The van der Waals surface area contributed by atoms with E-state index in [1.807, 2.05) is 24.7 Å². The fourth-order valence-corrected chi connectivity index (χ4v) is 2.20. The molecule has 2 N–H and O–H groups in total. The van der Waals surface area contributed by atoms with Gasteiger partial charge in [0, 0.05) is 18.3 Å². The first kappa shape index (κ1) is 12.4. The number of pyridine rings is 1. The van der Waals surface area contributed by atoms with Gasteiger partial charge in [0.2, 0.25) is 0 Å². The average Bonchev–Trinajstić information content (AvgIpc) is 2.90. The van der Waals surface area contributed by atoms with Crippen LogP contribution in [0.5, 0.6) is 0 Å². The lowest BCUT2D eigenvalue weighted by Crippen LogP contribution is -2.02. The van der Waals surface area contributed by atoms with Crippen LogP contribution in [0.1, 0.15) is 11.1 Å². The van der Waals surface area contributed by atoms with Gasteiger partial charge in [0.05, 0.1) is 18.2 Å². The van der Waals surface area contributed by atoms with Gasteiger partial charge in [-0.05, 0) is 24.6 Å². The van der Waals surface area contributed by atoms with Gasteiger partial charge in [0.15, 0.2) is 0 Å². The molecule has 0 unspecified atom stereocenters. The van der Waals surface area contributed by atoms with Crippen molar-refractivity contribution >= 4 is 5.82 Å². The van der Waals surface area contributed by atoms with Crippen molar-refractivity contribution in [3.05, 3.63) is 66.2 Å². The van der Waals surface area contributed by atoms with Crippen molar-refractivity contribution in [3.63, 3.8) is 0 Å². The quantitative estimate of drug-likeness (QED) is 0.791. The molecule has 1 aromatic carbocycles. The molecular formula is C16H16N4. The predicted octanol–water partition coefficient (Wildman–Crippen LogP) is 2.88. The van der Waals surface area contributed by atoms with Crippen molar-refractivity contribution in [1.82, 2.24) is 14.5 Å². The highest BCUT2D eigenvalue weighted by Crippen LogP contribution is 2.24. The van der Waals surface area contributed by atoms with Crippen LogP contribution < -0.4 is 5.73 Å². The Morgan fingerprint density at radius 2 is 1.95 bits per heavy atom. The summed E-state index contributed by atoms with van der Waals surface area (Å²) in [6.45, 7) is 2.85. The summed E-state index contributed by atoms with van der Waals surface area (Å²) in [5, 5.41) is 0. The number of hydrogen-bond donors (Lipinski definition) is 1. The number of nitrogens with two attached hydrogens (primary N) is 1. The Kier molecular flexibility index (Phi) is 3.21. The van der Waals surface area contributed by atoms with E-state index in [0.717, 1.165) is 17.8 Å². The van der Waals surface area contributed by atoms with Crippen LogP contribution in [0.4, 0.5) is 5.82 Å². The normalized spacial score (nSPS) is 10.7. The van der Waals surface area contributed by atoms with E-state index in [0.29, 0.717) is 5.82 Å². The number of aromatic nitrogens is 3. The van der Waals surface area contributed by atoms with Crippen LogP contribution in [-0.2, 0) is 6.54 Å². The Labute approximate surface area is 117 Å². The van der Waals surface area contributed by atoms with E-state index in [4.69, 9.17) is 5.73 Å². The Morgan fingerprint density at radius 1 is 1.15 bits per heavy atom. The van der Waals surface area contributed by atoms with Crippen molar-refractivity contribution in [2.75, 3.05) is 5.73 Å². The van der Waals surface area contributed by atoms with Gasteiger partial charge in [-0.15, -0.1) is 0 Å². The molecule has 3 rings (SSSR count). The lowest BCUT2D eigenvalue weighted by atomic mass is 10.1. The molecule has 0 radical (unpaired) electrons. The van der Waals surface area contributed by atoms with E-state index in [2.05, 4.69) is 45.7 Å². The van der Waals surface area contributed by atoms with Crippen LogP contribution in [0, 0.1) is 6.92 Å². The zero-order chi connectivity index (χ0) is 13.9. The number of aryl methyl sites for hydroxylation is 1. The summed E-state index contributed by atoms with van der Waals surface area (Å²) in [6, 6.07) is 12.3. The average molecular weight is 264 g/mol. The zero-order valence-corrected chi connectivity index (χ0v) is 11.3. The molecule has 0 amide bonds. The van der Waals surface area contributed by atoms with Gasteiger partial charge in [-0.25, -0.2) is 9.97 Å². The minimum absolute atomic E-state index is 0.526. The number of anilines is 1. The molecule has 2 aromatic heterocycles. The monoisotopic (exact) mass is 264 g/mol. The van der Waals surface area contributed by atoms with Gasteiger partial charge < -0.3 is 10.3 Å². The van der Waals surface area contributed by atoms with E-state index >= 15 is 0 Å². The van der Waals surface area contributed by atoms with Gasteiger partial charge in [0.1, 0.15) is 5.82 Å². The first-order chi connectivity index (χ1) is 9.74. The van der Waals surface area contributed by atoms with Gasteiger partial charge in [-0.2, -0.15) is 0 Å². The molecule has 4 heteroatoms. The summed E-state index contributed by atoms with van der Waals surface area (Å²) < 4.78 is 2.08. The molecule has 0 spiro atoms. The summed E-state index contributed by atoms with van der Waals surface area (Å²) in [5.41, 5.74) is 10.3. The number of imidazole rings is 1. The molecule has 0 bridgehead atoms. The van der Waals surface area contributed by atoms with Crippen molar-refractivity contribution in [1.29, 1.82) is 0 Å². The van der Waals surface area contributed by atoms with Crippen molar-refractivity contribution in [2.45, 2.75) is 13.5 Å². The Balaban J connectivity index is 1.95. The van der Waals surface area contributed by atoms with Crippen molar-refractivity contribution < 1.29 is 0 Å². The second kappa shape index (κ2) is 5.17. The predicted molar refractivity (Wildman–Crippen MR) is 80.2 cm³/mol. The third kappa shape index (κ3) is 2.40. The first-order valence-corrected chi connectivity index (χ1v) is 6.50. The number of nitrogens with zero attached hydrogens (tertiary/aromatic N) is 3. The van der Waals surface area contributed by atoms with E-state index in [1.54, 1.807) is 6.20 Å². The number of hydrogen-bond acceptors (Lipinski definition) is 3. The maximum Gasteiger partial charge on any atom is 0.132 e.